The lowest BCUT2D eigenvalue weighted by Gasteiger charge is -2.20. The monoisotopic (exact) mass is 570 g/mol. The van der Waals surface area contributed by atoms with Gasteiger partial charge in [0.15, 0.2) is 12.6 Å². The molecule has 0 bridgehead atoms. The smallest absolute Gasteiger partial charge is 0.343 e. The fraction of sp³-hybridized carbons (Fsp3) is 0.120. The van der Waals surface area contributed by atoms with Crippen LogP contribution in [-0.4, -0.2) is 18.5 Å². The molecule has 0 saturated carbocycles. The minimum atomic E-state index is -0.498. The molecular formula is C25H16Br2O6. The highest BCUT2D eigenvalue weighted by Gasteiger charge is 2.31. The number of carbonyl (C=O) groups is 2. The van der Waals surface area contributed by atoms with Gasteiger partial charge in [-0.25, -0.2) is 4.79 Å². The molecular weight excluding hydrogens is 556 g/mol. The number of Topliss-reactive ketones (excluding diaryl/α,β-unsaturated/α-hetero) is 1. The maximum Gasteiger partial charge on any atom is 0.343 e. The Hall–Kier alpha value is -2.94. The van der Waals surface area contributed by atoms with Gasteiger partial charge in [0.25, 0.3) is 0 Å². The summed E-state index contributed by atoms with van der Waals surface area (Å²) in [7, 11) is 0. The molecule has 166 valence electrons. The molecule has 0 N–H and O–H groups in total. The van der Waals surface area contributed by atoms with Crippen molar-refractivity contribution < 1.29 is 28.5 Å². The van der Waals surface area contributed by atoms with Crippen LogP contribution in [-0.2, 0) is 11.3 Å². The van der Waals surface area contributed by atoms with E-state index in [1.165, 1.54) is 0 Å². The average Bonchev–Trinajstić information content (AvgIpc) is 3.09. The van der Waals surface area contributed by atoms with Gasteiger partial charge in [0.2, 0.25) is 5.78 Å². The van der Waals surface area contributed by atoms with Gasteiger partial charge in [0.05, 0.1) is 17.7 Å². The Kier molecular flexibility index (Phi) is 5.82. The lowest BCUT2D eigenvalue weighted by atomic mass is 10.0. The molecule has 2 aliphatic rings. The van der Waals surface area contributed by atoms with E-state index < -0.39 is 5.97 Å². The van der Waals surface area contributed by atoms with Gasteiger partial charge in [-0.15, -0.1) is 0 Å². The van der Waals surface area contributed by atoms with E-state index in [-0.39, 0.29) is 18.3 Å². The molecule has 2 heterocycles. The number of ether oxygens (including phenoxy) is 4. The van der Waals surface area contributed by atoms with Crippen LogP contribution in [0.3, 0.4) is 0 Å². The first-order valence-corrected chi connectivity index (χ1v) is 11.6. The molecule has 33 heavy (non-hydrogen) atoms. The zero-order valence-corrected chi connectivity index (χ0v) is 20.5. The topological polar surface area (TPSA) is 71.1 Å². The Morgan fingerprint density at radius 1 is 1.06 bits per heavy atom. The largest absolute Gasteiger partial charge is 0.467 e. The molecule has 2 aliphatic heterocycles. The highest BCUT2D eigenvalue weighted by Crippen LogP contribution is 2.39. The van der Waals surface area contributed by atoms with Gasteiger partial charge >= 0.3 is 5.97 Å². The summed E-state index contributed by atoms with van der Waals surface area (Å²) in [4.78, 5) is 25.6. The van der Waals surface area contributed by atoms with E-state index in [2.05, 4.69) is 31.9 Å². The van der Waals surface area contributed by atoms with Gasteiger partial charge in [-0.1, -0.05) is 31.9 Å². The number of allylic oxidation sites excluding steroid dienone is 1. The molecule has 6 nitrogen and oxygen atoms in total. The molecule has 0 aliphatic carbocycles. The fourth-order valence-corrected chi connectivity index (χ4v) is 4.53. The quantitative estimate of drug-likeness (QED) is 0.211. The van der Waals surface area contributed by atoms with Gasteiger partial charge < -0.3 is 18.9 Å². The number of fused-ring (bicyclic) bond motifs is 2. The van der Waals surface area contributed by atoms with Crippen molar-refractivity contribution in [2.24, 2.45) is 0 Å². The number of aryl methyl sites for hydroxylation is 1. The van der Waals surface area contributed by atoms with Crippen molar-refractivity contribution in [3.8, 4) is 17.2 Å². The van der Waals surface area contributed by atoms with Gasteiger partial charge in [-0.3, -0.25) is 4.79 Å². The third kappa shape index (κ3) is 4.34. The maximum absolute atomic E-state index is 13.1. The Balaban J connectivity index is 1.44. The van der Waals surface area contributed by atoms with E-state index in [9.17, 15) is 9.59 Å². The first-order chi connectivity index (χ1) is 15.9. The molecule has 3 aromatic rings. The standard InChI is InChI=1S/C25H16Br2O6/c1-13-6-19(32-25(29)14-2-4-17(26)5-3-14)10-20-22(13)23(28)21(33-20)9-15-7-18(27)8-16-11-30-12-31-24(15)16/h2-10H,11-12H2,1H3/b21-9-. The lowest BCUT2D eigenvalue weighted by molar-refractivity contribution is -0.0165. The van der Waals surface area contributed by atoms with Crippen LogP contribution >= 0.6 is 31.9 Å². The predicted molar refractivity (Wildman–Crippen MR) is 128 cm³/mol. The summed E-state index contributed by atoms with van der Waals surface area (Å²) in [6, 6.07) is 13.8. The van der Waals surface area contributed by atoms with Crippen LogP contribution in [0.4, 0.5) is 0 Å². The van der Waals surface area contributed by atoms with Crippen molar-refractivity contribution >= 4 is 49.7 Å². The average molecular weight is 572 g/mol. The van der Waals surface area contributed by atoms with Crippen LogP contribution in [0.1, 0.15) is 37.4 Å². The number of rotatable bonds is 3. The second-order valence-corrected chi connectivity index (χ2v) is 9.37. The van der Waals surface area contributed by atoms with Crippen LogP contribution in [0.15, 0.2) is 63.2 Å². The summed E-state index contributed by atoms with van der Waals surface area (Å²) in [5.41, 5.74) is 3.10. The number of hydrogen-bond acceptors (Lipinski definition) is 6. The van der Waals surface area contributed by atoms with Crippen molar-refractivity contribution in [1.29, 1.82) is 0 Å². The van der Waals surface area contributed by atoms with Crippen molar-refractivity contribution in [1.82, 2.24) is 0 Å². The molecule has 0 unspecified atom stereocenters. The van der Waals surface area contributed by atoms with Crippen LogP contribution in [0, 0.1) is 6.92 Å². The molecule has 0 atom stereocenters. The van der Waals surface area contributed by atoms with Crippen molar-refractivity contribution in [3.63, 3.8) is 0 Å². The summed E-state index contributed by atoms with van der Waals surface area (Å²) >= 11 is 6.83. The van der Waals surface area contributed by atoms with Crippen molar-refractivity contribution in [2.45, 2.75) is 13.5 Å². The van der Waals surface area contributed by atoms with Crippen LogP contribution in [0.5, 0.6) is 17.2 Å². The molecule has 5 rings (SSSR count). The number of ketones is 1. The Labute approximate surface area is 206 Å². The molecule has 0 spiro atoms. The second-order valence-electron chi connectivity index (χ2n) is 7.54. The Morgan fingerprint density at radius 3 is 2.64 bits per heavy atom. The Morgan fingerprint density at radius 2 is 1.85 bits per heavy atom. The zero-order chi connectivity index (χ0) is 23.1. The minimum Gasteiger partial charge on any atom is -0.467 e. The Bertz CT molecular complexity index is 1330. The normalized spacial score (nSPS) is 15.5. The highest BCUT2D eigenvalue weighted by molar-refractivity contribution is 9.10. The fourth-order valence-electron chi connectivity index (χ4n) is 3.75. The second kappa shape index (κ2) is 8.78. The van der Waals surface area contributed by atoms with E-state index in [0.717, 1.165) is 14.5 Å². The molecule has 0 saturated heterocycles. The van der Waals surface area contributed by atoms with Crippen molar-refractivity contribution in [2.75, 3.05) is 6.79 Å². The third-order valence-corrected chi connectivity index (χ3v) is 6.21. The van der Waals surface area contributed by atoms with E-state index in [4.69, 9.17) is 18.9 Å². The molecule has 3 aromatic carbocycles. The van der Waals surface area contributed by atoms with Gasteiger partial charge in [-0.2, -0.15) is 0 Å². The maximum atomic E-state index is 13.1. The molecule has 0 radical (unpaired) electrons. The number of carbonyl (C=O) groups excluding carboxylic acids is 2. The SMILES string of the molecule is Cc1cc(OC(=O)c2ccc(Br)cc2)cc2c1C(=O)/C(=C/c1cc(Br)cc3c1OCOC3)O2. The van der Waals surface area contributed by atoms with Crippen LogP contribution < -0.4 is 14.2 Å². The summed E-state index contributed by atoms with van der Waals surface area (Å²) in [5.74, 6) is 0.729. The van der Waals surface area contributed by atoms with E-state index in [1.807, 2.05) is 12.1 Å². The van der Waals surface area contributed by atoms with E-state index >= 15 is 0 Å². The predicted octanol–water partition coefficient (Wildman–Crippen LogP) is 6.22. The summed E-state index contributed by atoms with van der Waals surface area (Å²) < 4.78 is 24.1. The van der Waals surface area contributed by atoms with Crippen LogP contribution in [0.25, 0.3) is 6.08 Å². The van der Waals surface area contributed by atoms with Crippen LogP contribution in [0.2, 0.25) is 0 Å². The van der Waals surface area contributed by atoms with E-state index in [1.54, 1.807) is 49.4 Å². The zero-order valence-electron chi connectivity index (χ0n) is 17.3. The first kappa shape index (κ1) is 21.9. The number of hydrogen-bond donors (Lipinski definition) is 0. The highest BCUT2D eigenvalue weighted by atomic mass is 79.9. The first-order valence-electron chi connectivity index (χ1n) is 9.98. The molecule has 0 fully saturated rings. The number of benzene rings is 3. The summed E-state index contributed by atoms with van der Waals surface area (Å²) in [5, 5.41) is 0. The lowest BCUT2D eigenvalue weighted by Crippen LogP contribution is -2.12. The van der Waals surface area contributed by atoms with Crippen molar-refractivity contribution in [3.05, 3.63) is 91.1 Å². The molecule has 0 aromatic heterocycles. The van der Waals surface area contributed by atoms with E-state index in [0.29, 0.717) is 46.1 Å². The minimum absolute atomic E-state index is 0.145. The van der Waals surface area contributed by atoms with Gasteiger partial charge in [0.1, 0.15) is 17.2 Å². The van der Waals surface area contributed by atoms with Gasteiger partial charge in [-0.05, 0) is 61.0 Å². The number of esters is 1. The molecule has 0 amide bonds. The van der Waals surface area contributed by atoms with Gasteiger partial charge in [0, 0.05) is 26.1 Å². The third-order valence-electron chi connectivity index (χ3n) is 5.22. The molecule has 8 heteroatoms. The number of halogens is 2. The summed E-state index contributed by atoms with van der Waals surface area (Å²) in [6.07, 6.45) is 1.66. The summed E-state index contributed by atoms with van der Waals surface area (Å²) in [6.45, 7) is 2.35.